The molecule has 1 aromatic heterocycles. The third-order valence-corrected chi connectivity index (χ3v) is 2.49. The van der Waals surface area contributed by atoms with Gasteiger partial charge in [-0.2, -0.15) is 4.98 Å². The molecule has 1 aliphatic rings. The summed E-state index contributed by atoms with van der Waals surface area (Å²) in [6, 6.07) is 5.55. The van der Waals surface area contributed by atoms with Gasteiger partial charge in [0.15, 0.2) is 11.5 Å². The van der Waals surface area contributed by atoms with Gasteiger partial charge >= 0.3 is 6.08 Å². The minimum atomic E-state index is -0.170. The van der Waals surface area contributed by atoms with Crippen molar-refractivity contribution in [3.63, 3.8) is 0 Å². The Bertz CT molecular complexity index is 551. The summed E-state index contributed by atoms with van der Waals surface area (Å²) in [5.74, 6) is 1.44. The van der Waals surface area contributed by atoms with Crippen LogP contribution < -0.4 is 14.2 Å². The van der Waals surface area contributed by atoms with E-state index < -0.39 is 0 Å². The maximum absolute atomic E-state index is 8.83. The number of hydrogen-bond donors (Lipinski definition) is 1. The number of benzene rings is 1. The molecule has 0 bridgehead atoms. The maximum Gasteiger partial charge on any atom is 0.394 e. The van der Waals surface area contributed by atoms with E-state index in [1.807, 2.05) is 18.2 Å². The number of ether oxygens (including phenoxy) is 3. The fourth-order valence-corrected chi connectivity index (χ4v) is 1.60. The van der Waals surface area contributed by atoms with Crippen LogP contribution in [0.2, 0.25) is 0 Å². The quantitative estimate of drug-likeness (QED) is 0.884. The lowest BCUT2D eigenvalue weighted by Gasteiger charge is -2.02. The van der Waals surface area contributed by atoms with E-state index in [4.69, 9.17) is 23.7 Å². The molecule has 0 fully saturated rings. The topological polar surface area (TPSA) is 74.0 Å². The van der Waals surface area contributed by atoms with Gasteiger partial charge in [-0.05, 0) is 17.7 Å². The zero-order chi connectivity index (χ0) is 12.4. The molecule has 1 aromatic carbocycles. The second-order valence-corrected chi connectivity index (χ2v) is 3.74. The zero-order valence-corrected chi connectivity index (χ0v) is 9.46. The molecule has 0 aliphatic carbocycles. The summed E-state index contributed by atoms with van der Waals surface area (Å²) in [5.41, 5.74) is 1.36. The Hall–Kier alpha value is -2.21. The number of aliphatic hydroxyl groups is 1. The third kappa shape index (κ3) is 2.10. The van der Waals surface area contributed by atoms with Gasteiger partial charge in [0.25, 0.3) is 0 Å². The summed E-state index contributed by atoms with van der Waals surface area (Å²) >= 11 is 0. The molecule has 1 N–H and O–H groups in total. The lowest BCUT2D eigenvalue weighted by molar-refractivity contribution is 0.173. The summed E-state index contributed by atoms with van der Waals surface area (Å²) in [7, 11) is 0. The first-order valence-electron chi connectivity index (χ1n) is 5.42. The second kappa shape index (κ2) is 4.58. The molecule has 0 saturated heterocycles. The molecule has 0 spiro atoms. The highest BCUT2D eigenvalue weighted by Gasteiger charge is 2.13. The Labute approximate surface area is 103 Å². The van der Waals surface area contributed by atoms with Gasteiger partial charge in [0, 0.05) is 0 Å². The number of oxazole rings is 1. The molecule has 2 aromatic rings. The molecule has 0 amide bonds. The molecule has 2 heterocycles. The first kappa shape index (κ1) is 10.9. The normalized spacial score (nSPS) is 12.7. The molecule has 0 atom stereocenters. The van der Waals surface area contributed by atoms with Crippen molar-refractivity contribution in [3.05, 3.63) is 35.7 Å². The maximum atomic E-state index is 8.83. The lowest BCUT2D eigenvalue weighted by atomic mass is 10.2. The van der Waals surface area contributed by atoms with E-state index in [0.29, 0.717) is 18.1 Å². The van der Waals surface area contributed by atoms with Crippen molar-refractivity contribution in [2.45, 2.75) is 13.2 Å². The standard InChI is InChI=1S/C12H11NO5/c14-4-9-6-16-12(13-9)15-5-8-1-2-10-11(3-8)18-7-17-10/h1-3,6,14H,4-5,7H2. The number of aliphatic hydroxyl groups excluding tert-OH is 1. The summed E-state index contributed by atoms with van der Waals surface area (Å²) in [6.45, 7) is 0.387. The largest absolute Gasteiger partial charge is 0.454 e. The van der Waals surface area contributed by atoms with Crippen molar-refractivity contribution in [3.8, 4) is 17.6 Å². The Morgan fingerprint density at radius 2 is 2.17 bits per heavy atom. The highest BCUT2D eigenvalue weighted by Crippen LogP contribution is 2.32. The Balaban J connectivity index is 1.66. The van der Waals surface area contributed by atoms with Gasteiger partial charge in [-0.1, -0.05) is 6.07 Å². The van der Waals surface area contributed by atoms with E-state index in [1.54, 1.807) is 0 Å². The van der Waals surface area contributed by atoms with Crippen molar-refractivity contribution in [2.24, 2.45) is 0 Å². The second-order valence-electron chi connectivity index (χ2n) is 3.74. The predicted octanol–water partition coefficient (Wildman–Crippen LogP) is 1.47. The summed E-state index contributed by atoms with van der Waals surface area (Å²) in [4.78, 5) is 3.92. The van der Waals surface area contributed by atoms with Crippen molar-refractivity contribution >= 4 is 0 Å². The van der Waals surface area contributed by atoms with Gasteiger partial charge in [-0.3, -0.25) is 0 Å². The highest BCUT2D eigenvalue weighted by molar-refractivity contribution is 5.44. The van der Waals surface area contributed by atoms with E-state index in [1.165, 1.54) is 6.26 Å². The molecule has 0 saturated carbocycles. The molecular weight excluding hydrogens is 238 g/mol. The van der Waals surface area contributed by atoms with Gasteiger partial charge in [0.1, 0.15) is 18.6 Å². The van der Waals surface area contributed by atoms with Crippen LogP contribution in [0.1, 0.15) is 11.3 Å². The van der Waals surface area contributed by atoms with Crippen LogP contribution in [0, 0.1) is 0 Å². The van der Waals surface area contributed by atoms with E-state index in [-0.39, 0.29) is 19.5 Å². The average Bonchev–Trinajstić information content (AvgIpc) is 3.04. The smallest absolute Gasteiger partial charge is 0.394 e. The molecule has 6 heteroatoms. The first-order valence-corrected chi connectivity index (χ1v) is 5.42. The van der Waals surface area contributed by atoms with Gasteiger partial charge in [-0.25, -0.2) is 0 Å². The third-order valence-electron chi connectivity index (χ3n) is 2.49. The predicted molar refractivity (Wildman–Crippen MR) is 59.3 cm³/mol. The minimum Gasteiger partial charge on any atom is -0.454 e. The number of rotatable bonds is 4. The van der Waals surface area contributed by atoms with E-state index in [9.17, 15) is 0 Å². The molecule has 6 nitrogen and oxygen atoms in total. The van der Waals surface area contributed by atoms with Crippen molar-refractivity contribution in [1.29, 1.82) is 0 Å². The van der Waals surface area contributed by atoms with Crippen molar-refractivity contribution in [2.75, 3.05) is 6.79 Å². The van der Waals surface area contributed by atoms with Crippen LogP contribution in [0.5, 0.6) is 17.6 Å². The Morgan fingerprint density at radius 3 is 3.00 bits per heavy atom. The van der Waals surface area contributed by atoms with Crippen LogP contribution in [0.15, 0.2) is 28.9 Å². The SMILES string of the molecule is OCc1coc(OCc2ccc3c(c2)OCO3)n1. The van der Waals surface area contributed by atoms with Crippen molar-refractivity contribution in [1.82, 2.24) is 4.98 Å². The summed E-state index contributed by atoms with van der Waals surface area (Å²) in [6.07, 6.45) is 1.49. The number of nitrogens with zero attached hydrogens (tertiary/aromatic N) is 1. The first-order chi connectivity index (χ1) is 8.85. The van der Waals surface area contributed by atoms with E-state index in [2.05, 4.69) is 4.98 Å². The molecule has 0 unspecified atom stereocenters. The highest BCUT2D eigenvalue weighted by atomic mass is 16.7. The van der Waals surface area contributed by atoms with Crippen LogP contribution in [-0.4, -0.2) is 16.9 Å². The van der Waals surface area contributed by atoms with Crippen LogP contribution >= 0.6 is 0 Å². The molecule has 18 heavy (non-hydrogen) atoms. The fraction of sp³-hybridized carbons (Fsp3) is 0.250. The van der Waals surface area contributed by atoms with Crippen molar-refractivity contribution < 1.29 is 23.7 Å². The molecule has 94 valence electrons. The van der Waals surface area contributed by atoms with Gasteiger partial charge in [-0.15, -0.1) is 0 Å². The van der Waals surface area contributed by atoms with Crippen LogP contribution in [0.3, 0.4) is 0 Å². The molecule has 3 rings (SSSR count). The summed E-state index contributed by atoms with van der Waals surface area (Å²) in [5, 5.41) is 8.83. The summed E-state index contributed by atoms with van der Waals surface area (Å²) < 4.78 is 20.8. The lowest BCUT2D eigenvalue weighted by Crippen LogP contribution is -1.96. The Morgan fingerprint density at radius 1 is 1.28 bits per heavy atom. The van der Waals surface area contributed by atoms with Crippen LogP contribution in [0.4, 0.5) is 0 Å². The number of hydrogen-bond acceptors (Lipinski definition) is 6. The van der Waals surface area contributed by atoms with Gasteiger partial charge in [0.05, 0.1) is 6.61 Å². The molecule has 0 radical (unpaired) electrons. The molecule has 1 aliphatic heterocycles. The van der Waals surface area contributed by atoms with E-state index >= 15 is 0 Å². The van der Waals surface area contributed by atoms with Gasteiger partial charge < -0.3 is 23.7 Å². The van der Waals surface area contributed by atoms with E-state index in [0.717, 1.165) is 11.3 Å². The minimum absolute atomic E-state index is 0.136. The molecular formula is C12H11NO5. The van der Waals surface area contributed by atoms with Crippen LogP contribution in [-0.2, 0) is 13.2 Å². The van der Waals surface area contributed by atoms with Crippen LogP contribution in [0.25, 0.3) is 0 Å². The van der Waals surface area contributed by atoms with Gasteiger partial charge in [0.2, 0.25) is 6.79 Å². The number of fused-ring (bicyclic) bond motifs is 1. The Kier molecular flexibility index (Phi) is 2.77. The monoisotopic (exact) mass is 249 g/mol. The fourth-order valence-electron chi connectivity index (χ4n) is 1.60. The number of aromatic nitrogens is 1. The zero-order valence-electron chi connectivity index (χ0n) is 9.46. The average molecular weight is 249 g/mol.